The van der Waals surface area contributed by atoms with Gasteiger partial charge in [-0.2, -0.15) is 13.2 Å². The van der Waals surface area contributed by atoms with Crippen LogP contribution >= 0.6 is 0 Å². The van der Waals surface area contributed by atoms with E-state index in [4.69, 9.17) is 10.5 Å². The SMILES string of the molecule is CC(C)C[C@H](N)COc1ccc(-c2ccnc(Nc3ccc(C4CCN(C(=O)C5CCN(c6ccc7c(c6)CN(C6CCC(=O)NC6=O)C7=O)CC5)CC4)cc3)c2)cc1C(F)(F)F. The molecule has 4 aliphatic heterocycles. The molecule has 4 aliphatic rings. The highest BCUT2D eigenvalue weighted by atomic mass is 19.4. The lowest BCUT2D eigenvalue weighted by molar-refractivity contribution is -0.139. The number of aromatic nitrogens is 1. The van der Waals surface area contributed by atoms with E-state index in [-0.39, 0.29) is 48.5 Å². The topological polar surface area (TPSA) is 150 Å². The smallest absolute Gasteiger partial charge is 0.419 e. The van der Waals surface area contributed by atoms with Crippen LogP contribution in [0.5, 0.6) is 5.75 Å². The van der Waals surface area contributed by atoms with Crippen molar-refractivity contribution in [1.82, 2.24) is 20.1 Å². The number of ether oxygens (including phenoxy) is 1. The number of hydrogen-bond donors (Lipinski definition) is 3. The van der Waals surface area contributed by atoms with Crippen LogP contribution in [0, 0.1) is 11.8 Å². The van der Waals surface area contributed by atoms with Crippen molar-refractivity contribution >= 4 is 40.8 Å². The number of alkyl halides is 3. The number of nitrogens with zero attached hydrogens (tertiary/aromatic N) is 4. The number of carbonyl (C=O) groups excluding carboxylic acids is 4. The molecule has 3 saturated heterocycles. The van der Waals surface area contributed by atoms with Gasteiger partial charge in [-0.25, -0.2) is 4.98 Å². The Kier molecular flexibility index (Phi) is 12.8. The molecule has 5 heterocycles. The van der Waals surface area contributed by atoms with E-state index in [0.717, 1.165) is 61.8 Å². The Morgan fingerprint density at radius 1 is 0.905 bits per heavy atom. The number of benzene rings is 3. The minimum absolute atomic E-state index is 0.00752. The number of anilines is 3. The van der Waals surface area contributed by atoms with Crippen LogP contribution < -0.4 is 26.0 Å². The van der Waals surface area contributed by atoms with E-state index in [2.05, 4.69) is 32.7 Å². The Morgan fingerprint density at radius 2 is 1.63 bits per heavy atom. The van der Waals surface area contributed by atoms with Crippen molar-refractivity contribution in [2.75, 3.05) is 43.0 Å². The van der Waals surface area contributed by atoms with Gasteiger partial charge in [0.25, 0.3) is 5.91 Å². The fraction of sp³-hybridized carbons (Fsp3) is 0.438. The highest BCUT2D eigenvalue weighted by Crippen LogP contribution is 2.40. The van der Waals surface area contributed by atoms with Crippen LogP contribution in [0.25, 0.3) is 11.1 Å². The lowest BCUT2D eigenvalue weighted by atomic mass is 9.88. The maximum atomic E-state index is 14.1. The lowest BCUT2D eigenvalue weighted by Crippen LogP contribution is -2.52. The minimum atomic E-state index is -4.61. The zero-order valence-electron chi connectivity index (χ0n) is 35.6. The van der Waals surface area contributed by atoms with Crippen molar-refractivity contribution in [1.29, 1.82) is 0 Å². The molecule has 4 N–H and O–H groups in total. The number of amides is 4. The molecule has 63 heavy (non-hydrogen) atoms. The number of pyridine rings is 1. The second-order valence-electron chi connectivity index (χ2n) is 17.7. The van der Waals surface area contributed by atoms with Gasteiger partial charge < -0.3 is 30.5 Å². The monoisotopic (exact) mass is 865 g/mol. The average Bonchev–Trinajstić information content (AvgIpc) is 3.60. The molecule has 0 saturated carbocycles. The van der Waals surface area contributed by atoms with Gasteiger partial charge >= 0.3 is 6.18 Å². The second-order valence-corrected chi connectivity index (χ2v) is 17.7. The fourth-order valence-corrected chi connectivity index (χ4v) is 9.43. The van der Waals surface area contributed by atoms with Gasteiger partial charge in [0.2, 0.25) is 17.7 Å². The molecule has 0 aliphatic carbocycles. The zero-order chi connectivity index (χ0) is 44.4. The first-order valence-corrected chi connectivity index (χ1v) is 21.9. The molecule has 332 valence electrons. The molecule has 1 unspecified atom stereocenters. The third-order valence-electron chi connectivity index (χ3n) is 12.8. The van der Waals surface area contributed by atoms with Gasteiger partial charge in [-0.15, -0.1) is 0 Å². The summed E-state index contributed by atoms with van der Waals surface area (Å²) in [5.74, 6) is 0.108. The van der Waals surface area contributed by atoms with Crippen LogP contribution in [0.4, 0.5) is 30.4 Å². The summed E-state index contributed by atoms with van der Waals surface area (Å²) in [5.41, 5.74) is 10.6. The van der Waals surface area contributed by atoms with Crippen LogP contribution in [0.15, 0.2) is 79.0 Å². The van der Waals surface area contributed by atoms with Gasteiger partial charge in [-0.3, -0.25) is 24.5 Å². The summed E-state index contributed by atoms with van der Waals surface area (Å²) in [7, 11) is 0. The summed E-state index contributed by atoms with van der Waals surface area (Å²) in [5, 5.41) is 5.63. The van der Waals surface area contributed by atoms with Crippen molar-refractivity contribution in [2.45, 2.75) is 89.5 Å². The van der Waals surface area contributed by atoms with Gasteiger partial charge in [0.1, 0.15) is 24.2 Å². The lowest BCUT2D eigenvalue weighted by Gasteiger charge is -2.38. The Bertz CT molecular complexity index is 2340. The Balaban J connectivity index is 0.811. The zero-order valence-corrected chi connectivity index (χ0v) is 35.6. The molecule has 15 heteroatoms. The molecule has 0 spiro atoms. The molecule has 3 aromatic carbocycles. The van der Waals surface area contributed by atoms with Crippen molar-refractivity contribution < 1.29 is 37.1 Å². The number of carbonyl (C=O) groups is 4. The van der Waals surface area contributed by atoms with Crippen molar-refractivity contribution in [2.24, 2.45) is 17.6 Å². The van der Waals surface area contributed by atoms with E-state index in [1.54, 1.807) is 29.3 Å². The van der Waals surface area contributed by atoms with E-state index < -0.39 is 23.7 Å². The quantitative estimate of drug-likeness (QED) is 0.122. The molecule has 1 aromatic heterocycles. The standard InChI is InChI=1S/C48H54F3N7O5/c1-29(2)23-36(52)28-63-42-11-5-33(25-40(42)48(49,50)51)34-13-18-53-43(26-34)54-37-6-3-30(4-7-37)31-14-21-57(22-15-31)46(61)32-16-19-56(20-17-32)38-8-9-39-35(24-38)27-58(47(39)62)41-10-12-44(59)55-45(41)60/h3-9,11,13,18,24-26,29,31-32,36,41H,10,12,14-17,19-23,27-28,52H2,1-2H3,(H,53,54)(H,55,59,60)/t36-,41?/m0/s1. The normalized spacial score (nSPS) is 19.3. The van der Waals surface area contributed by atoms with Gasteiger partial charge in [0.15, 0.2) is 0 Å². The molecule has 4 amide bonds. The number of rotatable bonds is 12. The molecule has 0 radical (unpaired) electrons. The van der Waals surface area contributed by atoms with Crippen molar-refractivity contribution in [3.8, 4) is 16.9 Å². The summed E-state index contributed by atoms with van der Waals surface area (Å²) < 4.78 is 47.9. The first-order valence-electron chi connectivity index (χ1n) is 21.9. The van der Waals surface area contributed by atoms with E-state index in [0.29, 0.717) is 66.8 Å². The number of hydrogen-bond acceptors (Lipinski definition) is 9. The molecule has 8 rings (SSSR count). The third-order valence-corrected chi connectivity index (χ3v) is 12.8. The highest BCUT2D eigenvalue weighted by molar-refractivity contribution is 6.05. The predicted molar refractivity (Wildman–Crippen MR) is 233 cm³/mol. The Morgan fingerprint density at radius 3 is 2.33 bits per heavy atom. The third kappa shape index (κ3) is 9.98. The van der Waals surface area contributed by atoms with Crippen LogP contribution in [0.2, 0.25) is 0 Å². The van der Waals surface area contributed by atoms with Crippen molar-refractivity contribution in [3.63, 3.8) is 0 Å². The number of nitrogens with two attached hydrogens (primary N) is 1. The van der Waals surface area contributed by atoms with E-state index in [9.17, 15) is 32.3 Å². The van der Waals surface area contributed by atoms with Gasteiger partial charge in [0.05, 0.1) is 5.56 Å². The Labute approximate surface area is 365 Å². The van der Waals surface area contributed by atoms with Crippen LogP contribution in [0.3, 0.4) is 0 Å². The molecule has 12 nitrogen and oxygen atoms in total. The van der Waals surface area contributed by atoms with Crippen LogP contribution in [-0.2, 0) is 27.1 Å². The molecule has 0 bridgehead atoms. The van der Waals surface area contributed by atoms with Gasteiger partial charge in [0, 0.05) is 74.2 Å². The van der Waals surface area contributed by atoms with Crippen molar-refractivity contribution in [3.05, 3.63) is 101 Å². The molecular formula is C48H54F3N7O5. The summed E-state index contributed by atoms with van der Waals surface area (Å²) in [6, 6.07) is 20.3. The fourth-order valence-electron chi connectivity index (χ4n) is 9.43. The molecule has 4 aromatic rings. The summed E-state index contributed by atoms with van der Waals surface area (Å²) in [4.78, 5) is 61.2. The maximum absolute atomic E-state index is 14.1. The van der Waals surface area contributed by atoms with Gasteiger partial charge in [-0.05, 0) is 127 Å². The number of halogens is 3. The first-order chi connectivity index (χ1) is 30.2. The van der Waals surface area contributed by atoms with Crippen LogP contribution in [-0.4, -0.2) is 83.3 Å². The van der Waals surface area contributed by atoms with E-state index in [1.807, 2.05) is 49.1 Å². The van der Waals surface area contributed by atoms with E-state index >= 15 is 0 Å². The van der Waals surface area contributed by atoms with E-state index in [1.165, 1.54) is 11.6 Å². The Hall–Kier alpha value is -5.96. The number of imide groups is 1. The highest BCUT2D eigenvalue weighted by Gasteiger charge is 2.40. The minimum Gasteiger partial charge on any atom is -0.491 e. The van der Waals surface area contributed by atoms with Crippen LogP contribution in [0.1, 0.15) is 91.8 Å². The number of likely N-dealkylation sites (tertiary alicyclic amines) is 1. The predicted octanol–water partition coefficient (Wildman–Crippen LogP) is 7.65. The maximum Gasteiger partial charge on any atom is 0.419 e. The average molecular weight is 866 g/mol. The van der Waals surface area contributed by atoms with Gasteiger partial charge in [-0.1, -0.05) is 32.0 Å². The largest absolute Gasteiger partial charge is 0.491 e. The summed E-state index contributed by atoms with van der Waals surface area (Å²) >= 11 is 0. The molecule has 2 atom stereocenters. The summed E-state index contributed by atoms with van der Waals surface area (Å²) in [6.07, 6.45) is 1.34. The number of piperidine rings is 3. The molecule has 3 fully saturated rings. The second kappa shape index (κ2) is 18.4. The summed E-state index contributed by atoms with van der Waals surface area (Å²) in [6.45, 7) is 7.16. The number of fused-ring (bicyclic) bond motifs is 1. The first kappa shape index (κ1) is 43.7. The number of nitrogens with one attached hydrogen (secondary N) is 2. The molecular weight excluding hydrogens is 812 g/mol.